The topological polar surface area (TPSA) is 68.8 Å². The Morgan fingerprint density at radius 3 is 2.21 bits per heavy atom. The van der Waals surface area contributed by atoms with Crippen molar-refractivity contribution in [2.45, 2.75) is 45.3 Å². The van der Waals surface area contributed by atoms with E-state index in [1.54, 1.807) is 0 Å². The minimum absolute atomic E-state index is 0.219. The fourth-order valence-corrected chi connectivity index (χ4v) is 2.86. The molecule has 1 fully saturated rings. The number of carbonyl (C=O) groups is 1. The molecular formula is C22H29BN2O4. The summed E-state index contributed by atoms with van der Waals surface area (Å²) >= 11 is 0. The van der Waals surface area contributed by atoms with E-state index in [0.29, 0.717) is 19.6 Å². The van der Waals surface area contributed by atoms with Gasteiger partial charge in [0.1, 0.15) is 5.75 Å². The zero-order valence-electron chi connectivity index (χ0n) is 17.5. The summed E-state index contributed by atoms with van der Waals surface area (Å²) in [4.78, 5) is 11.8. The van der Waals surface area contributed by atoms with Gasteiger partial charge in [0.25, 0.3) is 0 Å². The monoisotopic (exact) mass is 396 g/mol. The first-order valence-corrected chi connectivity index (χ1v) is 9.95. The van der Waals surface area contributed by atoms with E-state index in [2.05, 4.69) is 10.6 Å². The molecule has 0 aromatic heterocycles. The van der Waals surface area contributed by atoms with Crippen LogP contribution < -0.4 is 20.8 Å². The van der Waals surface area contributed by atoms with Crippen molar-refractivity contribution in [2.75, 3.05) is 18.5 Å². The van der Waals surface area contributed by atoms with Gasteiger partial charge >= 0.3 is 13.1 Å². The Morgan fingerprint density at radius 1 is 0.966 bits per heavy atom. The van der Waals surface area contributed by atoms with Crippen molar-refractivity contribution >= 4 is 24.3 Å². The van der Waals surface area contributed by atoms with Crippen LogP contribution in [0.3, 0.4) is 0 Å². The Kier molecular flexibility index (Phi) is 6.50. The molecule has 0 atom stereocenters. The third-order valence-electron chi connectivity index (χ3n) is 5.31. The predicted molar refractivity (Wildman–Crippen MR) is 116 cm³/mol. The van der Waals surface area contributed by atoms with E-state index in [9.17, 15) is 4.79 Å². The molecule has 3 rings (SSSR count). The summed E-state index contributed by atoms with van der Waals surface area (Å²) in [6, 6.07) is 16.9. The average molecular weight is 396 g/mol. The highest BCUT2D eigenvalue weighted by Crippen LogP contribution is 2.36. The van der Waals surface area contributed by atoms with E-state index in [1.807, 2.05) is 82.3 Å². The molecule has 2 aromatic rings. The van der Waals surface area contributed by atoms with Crippen LogP contribution in [0.2, 0.25) is 0 Å². The second-order valence-corrected chi connectivity index (χ2v) is 8.11. The first-order valence-electron chi connectivity index (χ1n) is 9.95. The molecule has 2 N–H and O–H groups in total. The van der Waals surface area contributed by atoms with Gasteiger partial charge in [-0.1, -0.05) is 30.3 Å². The van der Waals surface area contributed by atoms with Crippen molar-refractivity contribution in [1.82, 2.24) is 5.32 Å². The maximum absolute atomic E-state index is 11.8. The van der Waals surface area contributed by atoms with Gasteiger partial charge < -0.3 is 24.7 Å². The molecule has 0 bridgehead atoms. The molecule has 1 aliphatic heterocycles. The minimum Gasteiger partial charge on any atom is -0.494 e. The third-order valence-corrected chi connectivity index (χ3v) is 5.31. The largest absolute Gasteiger partial charge is 0.494 e. The quantitative estimate of drug-likeness (QED) is 0.555. The molecule has 29 heavy (non-hydrogen) atoms. The molecule has 0 unspecified atom stereocenters. The number of carbonyl (C=O) groups excluding carboxylic acids is 1. The zero-order valence-corrected chi connectivity index (χ0v) is 17.5. The third kappa shape index (κ3) is 5.52. The summed E-state index contributed by atoms with van der Waals surface area (Å²) in [5, 5.41) is 5.60. The number of ether oxygens (including phenoxy) is 1. The van der Waals surface area contributed by atoms with Gasteiger partial charge in [0.15, 0.2) is 0 Å². The number of anilines is 1. The maximum Gasteiger partial charge on any atom is 0.494 e. The number of para-hydroxylation sites is 1. The molecule has 0 radical (unpaired) electrons. The van der Waals surface area contributed by atoms with Gasteiger partial charge in [0.2, 0.25) is 0 Å². The molecule has 7 heteroatoms. The highest BCUT2D eigenvalue weighted by molar-refractivity contribution is 6.62. The fourth-order valence-electron chi connectivity index (χ4n) is 2.86. The summed E-state index contributed by atoms with van der Waals surface area (Å²) in [7, 11) is -0.374. The molecule has 1 saturated heterocycles. The number of rotatable bonds is 7. The lowest BCUT2D eigenvalue weighted by molar-refractivity contribution is 0.00578. The van der Waals surface area contributed by atoms with Crippen molar-refractivity contribution in [3.63, 3.8) is 0 Å². The average Bonchev–Trinajstić information content (AvgIpc) is 2.90. The number of hydrogen-bond donors (Lipinski definition) is 2. The second-order valence-electron chi connectivity index (χ2n) is 8.11. The van der Waals surface area contributed by atoms with Gasteiger partial charge in [-0.25, -0.2) is 4.79 Å². The van der Waals surface area contributed by atoms with Crippen molar-refractivity contribution < 1.29 is 18.8 Å². The molecule has 1 heterocycles. The summed E-state index contributed by atoms with van der Waals surface area (Å²) in [6.07, 6.45) is 0.710. The van der Waals surface area contributed by atoms with Crippen molar-refractivity contribution in [2.24, 2.45) is 0 Å². The van der Waals surface area contributed by atoms with Crippen LogP contribution in [-0.2, 0) is 9.31 Å². The number of benzene rings is 2. The number of nitrogens with one attached hydrogen (secondary N) is 2. The summed E-state index contributed by atoms with van der Waals surface area (Å²) in [5.41, 5.74) is 1.03. The SMILES string of the molecule is CC1(C)OB(c2ccc(OCCCNC(=O)Nc3ccccc3)cc2)OC1(C)C. The van der Waals surface area contributed by atoms with Gasteiger partial charge in [-0.05, 0) is 63.8 Å². The fraction of sp³-hybridized carbons (Fsp3) is 0.409. The van der Waals surface area contributed by atoms with Crippen LogP contribution in [0.15, 0.2) is 54.6 Å². The smallest absolute Gasteiger partial charge is 0.494 e. The predicted octanol–water partition coefficient (Wildman–Crippen LogP) is 3.58. The molecule has 2 aromatic carbocycles. The standard InChI is InChI=1S/C22H29BN2O4/c1-21(2)22(3,4)29-23(28-21)17-11-13-19(14-12-17)27-16-8-15-24-20(26)25-18-9-6-5-7-10-18/h5-7,9-14H,8,15-16H2,1-4H3,(H2,24,25,26). The number of amides is 2. The molecular weight excluding hydrogens is 367 g/mol. The van der Waals surface area contributed by atoms with E-state index >= 15 is 0 Å². The summed E-state index contributed by atoms with van der Waals surface area (Å²) in [5.74, 6) is 0.777. The highest BCUT2D eigenvalue weighted by Gasteiger charge is 2.51. The Bertz CT molecular complexity index is 793. The molecule has 1 aliphatic rings. The molecule has 6 nitrogen and oxygen atoms in total. The lowest BCUT2D eigenvalue weighted by Gasteiger charge is -2.32. The van der Waals surface area contributed by atoms with Crippen LogP contribution in [0.1, 0.15) is 34.1 Å². The van der Waals surface area contributed by atoms with Crippen molar-refractivity contribution in [3.05, 3.63) is 54.6 Å². The number of urea groups is 1. The van der Waals surface area contributed by atoms with Crippen LogP contribution in [0.4, 0.5) is 10.5 Å². The lowest BCUT2D eigenvalue weighted by Crippen LogP contribution is -2.41. The maximum atomic E-state index is 11.8. The Hall–Kier alpha value is -2.51. The van der Waals surface area contributed by atoms with Gasteiger partial charge in [0.05, 0.1) is 17.8 Å². The van der Waals surface area contributed by atoms with Gasteiger partial charge in [-0.3, -0.25) is 0 Å². The van der Waals surface area contributed by atoms with E-state index < -0.39 is 0 Å². The Balaban J connectivity index is 1.37. The molecule has 154 valence electrons. The molecule has 0 spiro atoms. The van der Waals surface area contributed by atoms with Crippen LogP contribution in [-0.4, -0.2) is 37.5 Å². The zero-order chi connectivity index (χ0) is 20.9. The van der Waals surface area contributed by atoms with Crippen LogP contribution in [0.5, 0.6) is 5.75 Å². The van der Waals surface area contributed by atoms with Gasteiger partial charge in [-0.2, -0.15) is 0 Å². The van der Waals surface area contributed by atoms with Crippen molar-refractivity contribution in [1.29, 1.82) is 0 Å². The van der Waals surface area contributed by atoms with Crippen LogP contribution in [0, 0.1) is 0 Å². The second kappa shape index (κ2) is 8.88. The highest BCUT2D eigenvalue weighted by atomic mass is 16.7. The Labute approximate surface area is 173 Å². The van der Waals surface area contributed by atoms with E-state index in [0.717, 1.165) is 16.9 Å². The first kappa shape index (κ1) is 21.2. The Morgan fingerprint density at radius 2 is 1.59 bits per heavy atom. The number of hydrogen-bond acceptors (Lipinski definition) is 4. The summed E-state index contributed by atoms with van der Waals surface area (Å²) < 4.78 is 17.9. The van der Waals surface area contributed by atoms with Crippen LogP contribution >= 0.6 is 0 Å². The van der Waals surface area contributed by atoms with Gasteiger partial charge in [0, 0.05) is 12.2 Å². The minimum atomic E-state index is -0.374. The molecule has 0 saturated carbocycles. The van der Waals surface area contributed by atoms with E-state index in [1.165, 1.54) is 0 Å². The van der Waals surface area contributed by atoms with Crippen molar-refractivity contribution in [3.8, 4) is 5.75 Å². The first-order chi connectivity index (χ1) is 13.8. The van der Waals surface area contributed by atoms with E-state index in [4.69, 9.17) is 14.0 Å². The normalized spacial score (nSPS) is 17.0. The summed E-state index contributed by atoms with van der Waals surface area (Å²) in [6.45, 7) is 9.21. The van der Waals surface area contributed by atoms with Crippen LogP contribution in [0.25, 0.3) is 0 Å². The van der Waals surface area contributed by atoms with E-state index in [-0.39, 0.29) is 24.4 Å². The van der Waals surface area contributed by atoms with Gasteiger partial charge in [-0.15, -0.1) is 0 Å². The lowest BCUT2D eigenvalue weighted by atomic mass is 9.79. The molecule has 2 amide bonds. The molecule has 0 aliphatic carbocycles.